The second-order valence-electron chi connectivity index (χ2n) is 2.67. The zero-order valence-electron chi connectivity index (χ0n) is 6.64. The van der Waals surface area contributed by atoms with Crippen LogP contribution in [0.3, 0.4) is 0 Å². The van der Waals surface area contributed by atoms with Gasteiger partial charge in [-0.15, -0.1) is 0 Å². The van der Waals surface area contributed by atoms with E-state index >= 15 is 0 Å². The maximum atomic E-state index is 2.19. The van der Waals surface area contributed by atoms with Gasteiger partial charge in [0.2, 0.25) is 0 Å². The van der Waals surface area contributed by atoms with E-state index in [0.717, 1.165) is 0 Å². The van der Waals surface area contributed by atoms with Crippen LogP contribution in [0.1, 0.15) is 16.7 Å². The first-order valence-electron chi connectivity index (χ1n) is 3.23. The molecule has 1 aromatic rings. The van der Waals surface area contributed by atoms with Crippen LogP contribution in [0.4, 0.5) is 0 Å². The van der Waals surface area contributed by atoms with Gasteiger partial charge < -0.3 is 0 Å². The third-order valence-corrected chi connectivity index (χ3v) is 1.37. The molecule has 0 saturated carbocycles. The molecule has 0 nitrogen and oxygen atoms in total. The van der Waals surface area contributed by atoms with Crippen molar-refractivity contribution in [2.24, 2.45) is 0 Å². The van der Waals surface area contributed by atoms with E-state index in [-0.39, 0.29) is 21.1 Å². The summed E-state index contributed by atoms with van der Waals surface area (Å²) < 4.78 is 0. The molecule has 0 saturated heterocycles. The first kappa shape index (κ1) is 9.91. The van der Waals surface area contributed by atoms with Crippen LogP contribution in [-0.2, 0) is 21.1 Å². The summed E-state index contributed by atoms with van der Waals surface area (Å²) in [7, 11) is 0. The van der Waals surface area contributed by atoms with E-state index < -0.39 is 0 Å². The van der Waals surface area contributed by atoms with Crippen LogP contribution < -0.4 is 0 Å². The van der Waals surface area contributed by atoms with Crippen LogP contribution in [0.2, 0.25) is 0 Å². The Kier molecular flexibility index (Phi) is 3.89. The van der Waals surface area contributed by atoms with Crippen LogP contribution in [-0.4, -0.2) is 0 Å². The molecule has 0 spiro atoms. The van der Waals surface area contributed by atoms with Gasteiger partial charge in [-0.25, -0.2) is 0 Å². The average molecular weight is 304 g/mol. The molecule has 1 rings (SSSR count). The third kappa shape index (κ3) is 2.66. The van der Waals surface area contributed by atoms with Gasteiger partial charge in [-0.3, -0.25) is 0 Å². The van der Waals surface area contributed by atoms with Gasteiger partial charge in [0.15, 0.2) is 0 Å². The molecule has 0 unspecified atom stereocenters. The smallest absolute Gasteiger partial charge is 0.0564 e. The van der Waals surface area contributed by atoms with E-state index in [1.54, 1.807) is 0 Å². The largest absolute Gasteiger partial charge is 2.00 e. The number of rotatable bonds is 0. The van der Waals surface area contributed by atoms with Crippen LogP contribution in [0, 0.1) is 20.8 Å². The Hall–Kier alpha value is -0.0917. The van der Waals surface area contributed by atoms with Crippen molar-refractivity contribution in [1.29, 1.82) is 0 Å². The number of hydrogen-bond acceptors (Lipinski definition) is 0. The second kappa shape index (κ2) is 3.93. The van der Waals surface area contributed by atoms with Gasteiger partial charge >= 0.3 is 21.1 Å². The van der Waals surface area contributed by atoms with Crippen molar-refractivity contribution >= 4 is 0 Å². The maximum Gasteiger partial charge on any atom is 2.00 e. The fourth-order valence-electron chi connectivity index (χ4n) is 1.20. The normalized spacial score (nSPS) is 8.70. The summed E-state index contributed by atoms with van der Waals surface area (Å²) in [6, 6.07) is 6.56. The molecule has 0 fully saturated rings. The average Bonchev–Trinajstić information content (AvgIpc) is 1.59. The van der Waals surface area contributed by atoms with E-state index in [9.17, 15) is 0 Å². The zero-order valence-corrected chi connectivity index (χ0v) is 9.57. The Morgan fingerprint density at radius 2 is 0.900 bits per heavy atom. The fraction of sp³-hybridized carbons (Fsp3) is 0.333. The molecule has 0 heterocycles. The Morgan fingerprint density at radius 1 is 0.700 bits per heavy atom. The molecular formula is C9H12W+2. The van der Waals surface area contributed by atoms with Crippen LogP contribution in [0.25, 0.3) is 0 Å². The topological polar surface area (TPSA) is 0 Å². The summed E-state index contributed by atoms with van der Waals surface area (Å²) in [6.45, 7) is 6.38. The van der Waals surface area contributed by atoms with Gasteiger partial charge in [0, 0.05) is 0 Å². The molecule has 0 aliphatic carbocycles. The van der Waals surface area contributed by atoms with E-state index in [1.807, 2.05) is 0 Å². The summed E-state index contributed by atoms with van der Waals surface area (Å²) in [6.07, 6.45) is 0. The van der Waals surface area contributed by atoms with Crippen molar-refractivity contribution in [3.63, 3.8) is 0 Å². The van der Waals surface area contributed by atoms with Crippen molar-refractivity contribution in [3.05, 3.63) is 34.9 Å². The standard InChI is InChI=1S/C9H12.W/c1-7-4-8(2)6-9(3)5-7;/h4-6H,1-3H3;/q;+2. The summed E-state index contributed by atoms with van der Waals surface area (Å²) in [4.78, 5) is 0. The minimum Gasteiger partial charge on any atom is -0.0564 e. The number of hydrogen-bond donors (Lipinski definition) is 0. The molecule has 0 aliphatic heterocycles. The molecule has 52 valence electrons. The maximum absolute atomic E-state index is 2.19. The predicted octanol–water partition coefficient (Wildman–Crippen LogP) is 2.61. The quantitative estimate of drug-likeness (QED) is 0.691. The summed E-state index contributed by atoms with van der Waals surface area (Å²) >= 11 is 0. The Bertz CT molecular complexity index is 165. The van der Waals surface area contributed by atoms with Gasteiger partial charge in [-0.1, -0.05) is 34.9 Å². The van der Waals surface area contributed by atoms with Gasteiger partial charge in [0.1, 0.15) is 0 Å². The molecule has 0 aromatic heterocycles. The molecular weight excluding hydrogens is 292 g/mol. The summed E-state index contributed by atoms with van der Waals surface area (Å²) in [5.74, 6) is 0. The van der Waals surface area contributed by atoms with Crippen LogP contribution in [0.15, 0.2) is 18.2 Å². The summed E-state index contributed by atoms with van der Waals surface area (Å²) in [5.41, 5.74) is 4.06. The first-order chi connectivity index (χ1) is 4.18. The first-order valence-corrected chi connectivity index (χ1v) is 3.23. The number of benzene rings is 1. The van der Waals surface area contributed by atoms with E-state index in [4.69, 9.17) is 0 Å². The van der Waals surface area contributed by atoms with Gasteiger partial charge in [0.25, 0.3) is 0 Å². The molecule has 1 aromatic carbocycles. The zero-order chi connectivity index (χ0) is 6.85. The van der Waals surface area contributed by atoms with Crippen molar-refractivity contribution in [1.82, 2.24) is 0 Å². The molecule has 10 heavy (non-hydrogen) atoms. The van der Waals surface area contributed by atoms with Gasteiger partial charge in [-0.05, 0) is 20.8 Å². The second-order valence-corrected chi connectivity index (χ2v) is 2.67. The Morgan fingerprint density at radius 3 is 1.10 bits per heavy atom. The Balaban J connectivity index is 0.000000810. The predicted molar refractivity (Wildman–Crippen MR) is 40.7 cm³/mol. The van der Waals surface area contributed by atoms with E-state index in [0.29, 0.717) is 0 Å². The molecule has 0 bridgehead atoms. The van der Waals surface area contributed by atoms with Crippen molar-refractivity contribution < 1.29 is 21.1 Å². The van der Waals surface area contributed by atoms with Crippen LogP contribution in [0.5, 0.6) is 0 Å². The monoisotopic (exact) mass is 304 g/mol. The van der Waals surface area contributed by atoms with Gasteiger partial charge in [-0.2, -0.15) is 0 Å². The third-order valence-electron chi connectivity index (χ3n) is 1.37. The van der Waals surface area contributed by atoms with Crippen molar-refractivity contribution in [3.8, 4) is 0 Å². The molecule has 0 atom stereocenters. The molecule has 1 heteroatoms. The van der Waals surface area contributed by atoms with Crippen molar-refractivity contribution in [2.45, 2.75) is 20.8 Å². The number of aryl methyl sites for hydroxylation is 3. The SMILES string of the molecule is Cc1cc(C)cc(C)c1.[W+2]. The minimum absolute atomic E-state index is 0. The van der Waals surface area contributed by atoms with E-state index in [2.05, 4.69) is 39.0 Å². The van der Waals surface area contributed by atoms with Crippen LogP contribution >= 0.6 is 0 Å². The molecule has 0 N–H and O–H groups in total. The Labute approximate surface area is 76.9 Å². The summed E-state index contributed by atoms with van der Waals surface area (Å²) in [5, 5.41) is 0. The van der Waals surface area contributed by atoms with Gasteiger partial charge in [0.05, 0.1) is 0 Å². The van der Waals surface area contributed by atoms with Crippen molar-refractivity contribution in [2.75, 3.05) is 0 Å². The molecule has 0 radical (unpaired) electrons. The minimum atomic E-state index is 0. The molecule has 0 aliphatic rings. The van der Waals surface area contributed by atoms with E-state index in [1.165, 1.54) is 16.7 Å². The fourth-order valence-corrected chi connectivity index (χ4v) is 1.20. The molecule has 0 amide bonds.